The van der Waals surface area contributed by atoms with Gasteiger partial charge < -0.3 is 0 Å². The maximum atomic E-state index is 10.5. The van der Waals surface area contributed by atoms with Crippen LogP contribution in [-0.4, -0.2) is 16.3 Å². The van der Waals surface area contributed by atoms with Crippen LogP contribution in [0.15, 0.2) is 23.2 Å². The molecular formula is C12H11N3O. The third kappa shape index (κ3) is 1.14. The zero-order valence-electron chi connectivity index (χ0n) is 8.95. The zero-order valence-corrected chi connectivity index (χ0v) is 8.95. The first-order valence-electron chi connectivity index (χ1n) is 5.30. The second-order valence-electron chi connectivity index (χ2n) is 4.28. The Kier molecular flexibility index (Phi) is 1.76. The average Bonchev–Trinajstić information content (AvgIpc) is 2.98. The maximum Gasteiger partial charge on any atom is 0.235 e. The molecule has 0 unspecified atom stereocenters. The molecule has 16 heavy (non-hydrogen) atoms. The lowest BCUT2D eigenvalue weighted by Gasteiger charge is -2.09. The van der Waals surface area contributed by atoms with E-state index in [1.807, 2.05) is 25.1 Å². The molecule has 0 spiro atoms. The van der Waals surface area contributed by atoms with Gasteiger partial charge in [0.25, 0.3) is 0 Å². The second kappa shape index (κ2) is 3.03. The van der Waals surface area contributed by atoms with Crippen molar-refractivity contribution in [3.8, 4) is 0 Å². The van der Waals surface area contributed by atoms with Crippen molar-refractivity contribution >= 4 is 17.0 Å². The van der Waals surface area contributed by atoms with Gasteiger partial charge in [-0.2, -0.15) is 10.1 Å². The second-order valence-corrected chi connectivity index (χ2v) is 4.28. The molecule has 0 amide bonds. The lowest BCUT2D eigenvalue weighted by atomic mass is 9.99. The Balaban J connectivity index is 2.31. The number of H-pyrrole nitrogens is 1. The molecule has 1 aromatic heterocycles. The summed E-state index contributed by atoms with van der Waals surface area (Å²) in [5, 5.41) is 8.28. The first-order valence-corrected chi connectivity index (χ1v) is 5.30. The van der Waals surface area contributed by atoms with E-state index >= 15 is 0 Å². The van der Waals surface area contributed by atoms with Gasteiger partial charge >= 0.3 is 0 Å². The Bertz CT molecular complexity index is 604. The SMILES string of the molecule is Cc1[nH]nc2cccc(C3(N=C=O)CC3)c12. The molecular weight excluding hydrogens is 202 g/mol. The summed E-state index contributed by atoms with van der Waals surface area (Å²) in [7, 11) is 0. The third-order valence-corrected chi connectivity index (χ3v) is 3.25. The van der Waals surface area contributed by atoms with Crippen molar-refractivity contribution < 1.29 is 4.79 Å². The van der Waals surface area contributed by atoms with E-state index in [9.17, 15) is 4.79 Å². The van der Waals surface area contributed by atoms with Gasteiger partial charge in [0, 0.05) is 11.1 Å². The Morgan fingerprint density at radius 1 is 1.50 bits per heavy atom. The fourth-order valence-electron chi connectivity index (χ4n) is 2.26. The number of aliphatic imine (C=N–C) groups is 1. The fraction of sp³-hybridized carbons (Fsp3) is 0.333. The van der Waals surface area contributed by atoms with E-state index in [0.717, 1.165) is 35.0 Å². The van der Waals surface area contributed by atoms with Crippen molar-refractivity contribution in [3.05, 3.63) is 29.5 Å². The molecule has 0 radical (unpaired) electrons. The van der Waals surface area contributed by atoms with Crippen LogP contribution in [0.25, 0.3) is 10.9 Å². The van der Waals surface area contributed by atoms with Crippen molar-refractivity contribution in [3.63, 3.8) is 0 Å². The first-order chi connectivity index (χ1) is 7.77. The average molecular weight is 213 g/mol. The molecule has 4 nitrogen and oxygen atoms in total. The first kappa shape index (κ1) is 9.31. The molecule has 80 valence electrons. The van der Waals surface area contributed by atoms with Gasteiger partial charge in [-0.25, -0.2) is 4.79 Å². The van der Waals surface area contributed by atoms with Gasteiger partial charge in [-0.1, -0.05) is 12.1 Å². The summed E-state index contributed by atoms with van der Waals surface area (Å²) >= 11 is 0. The Hall–Kier alpha value is -1.93. The third-order valence-electron chi connectivity index (χ3n) is 3.25. The fourth-order valence-corrected chi connectivity index (χ4v) is 2.26. The van der Waals surface area contributed by atoms with Gasteiger partial charge in [-0.3, -0.25) is 5.10 Å². The van der Waals surface area contributed by atoms with Crippen LogP contribution >= 0.6 is 0 Å². The van der Waals surface area contributed by atoms with Crippen molar-refractivity contribution in [1.82, 2.24) is 10.2 Å². The molecule has 1 aliphatic rings. The number of hydrogen-bond acceptors (Lipinski definition) is 3. The summed E-state index contributed by atoms with van der Waals surface area (Å²) in [5.41, 5.74) is 2.73. The van der Waals surface area contributed by atoms with Crippen LogP contribution in [0.4, 0.5) is 0 Å². The van der Waals surface area contributed by atoms with Crippen molar-refractivity contribution in [2.24, 2.45) is 4.99 Å². The van der Waals surface area contributed by atoms with E-state index < -0.39 is 0 Å². The molecule has 0 atom stereocenters. The predicted molar refractivity (Wildman–Crippen MR) is 59.9 cm³/mol. The smallest absolute Gasteiger partial charge is 0.235 e. The molecule has 1 saturated carbocycles. The topological polar surface area (TPSA) is 58.1 Å². The molecule has 0 bridgehead atoms. The molecule has 1 heterocycles. The summed E-state index contributed by atoms with van der Waals surface area (Å²) < 4.78 is 0. The van der Waals surface area contributed by atoms with Crippen LogP contribution in [0.1, 0.15) is 24.1 Å². The molecule has 1 aromatic carbocycles. The highest BCUT2D eigenvalue weighted by molar-refractivity contribution is 5.86. The lowest BCUT2D eigenvalue weighted by molar-refractivity contribution is 0.556. The number of aromatic nitrogens is 2. The standard InChI is InChI=1S/C12H11N3O/c1-8-11-9(12(5-6-12)13-7-16)3-2-4-10(11)15-14-8/h2-4H,5-6H2,1H3,(H,14,15). The number of isocyanates is 1. The van der Waals surface area contributed by atoms with Crippen LogP contribution in [0.2, 0.25) is 0 Å². The molecule has 2 aromatic rings. The Morgan fingerprint density at radius 3 is 3.00 bits per heavy atom. The van der Waals surface area contributed by atoms with E-state index in [1.165, 1.54) is 0 Å². The molecule has 1 fully saturated rings. The molecule has 1 N–H and O–H groups in total. The van der Waals surface area contributed by atoms with Gasteiger partial charge in [0.15, 0.2) is 0 Å². The molecule has 0 aliphatic heterocycles. The highest BCUT2D eigenvalue weighted by atomic mass is 16.1. The van der Waals surface area contributed by atoms with Gasteiger partial charge in [-0.15, -0.1) is 0 Å². The van der Waals surface area contributed by atoms with Crippen molar-refractivity contribution in [1.29, 1.82) is 0 Å². The molecule has 4 heteroatoms. The maximum absolute atomic E-state index is 10.5. The Morgan fingerprint density at radius 2 is 2.31 bits per heavy atom. The predicted octanol–water partition coefficient (Wildman–Crippen LogP) is 2.20. The van der Waals surface area contributed by atoms with Crippen LogP contribution < -0.4 is 0 Å². The summed E-state index contributed by atoms with van der Waals surface area (Å²) in [5.74, 6) is 0. The number of nitrogens with zero attached hydrogens (tertiary/aromatic N) is 2. The van der Waals surface area contributed by atoms with E-state index in [1.54, 1.807) is 6.08 Å². The van der Waals surface area contributed by atoms with Gasteiger partial charge in [0.05, 0.1) is 11.1 Å². The highest BCUT2D eigenvalue weighted by Gasteiger charge is 2.46. The minimum absolute atomic E-state index is 0.324. The van der Waals surface area contributed by atoms with Crippen molar-refractivity contribution in [2.75, 3.05) is 0 Å². The normalized spacial score (nSPS) is 17.1. The molecule has 3 rings (SSSR count). The monoisotopic (exact) mass is 213 g/mol. The van der Waals surface area contributed by atoms with Crippen LogP contribution in [0.5, 0.6) is 0 Å². The minimum atomic E-state index is -0.324. The number of aryl methyl sites for hydroxylation is 1. The number of hydrogen-bond donors (Lipinski definition) is 1. The Labute approximate surface area is 92.4 Å². The van der Waals surface area contributed by atoms with E-state index in [0.29, 0.717) is 0 Å². The van der Waals surface area contributed by atoms with Crippen molar-refractivity contribution in [2.45, 2.75) is 25.3 Å². The number of nitrogens with one attached hydrogen (secondary N) is 1. The highest BCUT2D eigenvalue weighted by Crippen LogP contribution is 2.51. The van der Waals surface area contributed by atoms with Crippen LogP contribution in [-0.2, 0) is 10.3 Å². The largest absolute Gasteiger partial charge is 0.282 e. The van der Waals surface area contributed by atoms with Crippen LogP contribution in [0, 0.1) is 6.92 Å². The number of rotatable bonds is 2. The number of fused-ring (bicyclic) bond motifs is 1. The lowest BCUT2D eigenvalue weighted by Crippen LogP contribution is -2.03. The molecule has 1 aliphatic carbocycles. The van der Waals surface area contributed by atoms with E-state index in [4.69, 9.17) is 0 Å². The number of carbonyl (C=O) groups excluding carboxylic acids is 1. The number of aromatic amines is 1. The quantitative estimate of drug-likeness (QED) is 0.614. The van der Waals surface area contributed by atoms with Crippen LogP contribution in [0.3, 0.4) is 0 Å². The van der Waals surface area contributed by atoms with Gasteiger partial charge in [0.1, 0.15) is 0 Å². The zero-order chi connectivity index (χ0) is 11.2. The summed E-state index contributed by atoms with van der Waals surface area (Å²) in [4.78, 5) is 14.4. The summed E-state index contributed by atoms with van der Waals surface area (Å²) in [6.45, 7) is 1.99. The van der Waals surface area contributed by atoms with Gasteiger partial charge in [0.2, 0.25) is 6.08 Å². The summed E-state index contributed by atoms with van der Waals surface area (Å²) in [6.07, 6.45) is 3.53. The number of benzene rings is 1. The van der Waals surface area contributed by atoms with E-state index in [2.05, 4.69) is 15.2 Å². The van der Waals surface area contributed by atoms with E-state index in [-0.39, 0.29) is 5.54 Å². The summed E-state index contributed by atoms with van der Waals surface area (Å²) in [6, 6.07) is 5.94. The van der Waals surface area contributed by atoms with Gasteiger partial charge in [-0.05, 0) is 31.4 Å². The molecule has 0 saturated heterocycles. The minimum Gasteiger partial charge on any atom is -0.282 e.